The molecule has 0 radical (unpaired) electrons. The van der Waals surface area contributed by atoms with Gasteiger partial charge in [-0.3, -0.25) is 14.5 Å². The van der Waals surface area contributed by atoms with E-state index in [0.717, 1.165) is 37.2 Å². The number of nitrogens with zero attached hydrogens (tertiary/aromatic N) is 2. The average molecular weight is 385 g/mol. The smallest absolute Gasteiger partial charge is 0.277 e. The van der Waals surface area contributed by atoms with Crippen LogP contribution in [0, 0.1) is 11.8 Å². The zero-order chi connectivity index (χ0) is 20.4. The summed E-state index contributed by atoms with van der Waals surface area (Å²) in [4.78, 5) is 29.9. The minimum Gasteiger partial charge on any atom is -0.491 e. The SMILES string of the molecule is CCCN1C(=O)C(c2ccc(OC(C)C)cc2)=C(N2CC(C)CC(C)C2)C1=O. The lowest BCUT2D eigenvalue weighted by molar-refractivity contribution is -0.137. The molecule has 1 saturated heterocycles. The highest BCUT2D eigenvalue weighted by Crippen LogP contribution is 2.35. The van der Waals surface area contributed by atoms with Crippen molar-refractivity contribution >= 4 is 17.4 Å². The molecule has 5 nitrogen and oxygen atoms in total. The molecule has 2 aliphatic heterocycles. The zero-order valence-corrected chi connectivity index (χ0v) is 17.7. The number of carbonyl (C=O) groups excluding carboxylic acids is 2. The van der Waals surface area contributed by atoms with Gasteiger partial charge in [-0.15, -0.1) is 0 Å². The number of benzene rings is 1. The molecule has 2 heterocycles. The second-order valence-electron chi connectivity index (χ2n) is 8.53. The first-order chi connectivity index (χ1) is 13.3. The summed E-state index contributed by atoms with van der Waals surface area (Å²) in [6.45, 7) is 12.5. The first-order valence-corrected chi connectivity index (χ1v) is 10.4. The van der Waals surface area contributed by atoms with Crippen molar-refractivity contribution in [1.82, 2.24) is 9.80 Å². The van der Waals surface area contributed by atoms with Crippen molar-refractivity contribution in [3.8, 4) is 5.75 Å². The summed E-state index contributed by atoms with van der Waals surface area (Å²) in [6, 6.07) is 7.54. The number of amides is 2. The summed E-state index contributed by atoms with van der Waals surface area (Å²) in [5.41, 5.74) is 1.90. The summed E-state index contributed by atoms with van der Waals surface area (Å²) < 4.78 is 5.72. The second kappa shape index (κ2) is 8.38. The number of hydrogen-bond donors (Lipinski definition) is 0. The Kier molecular flexibility index (Phi) is 6.11. The number of rotatable bonds is 6. The lowest BCUT2D eigenvalue weighted by atomic mass is 9.91. The molecule has 152 valence electrons. The molecule has 28 heavy (non-hydrogen) atoms. The Labute approximate surface area is 168 Å². The fourth-order valence-electron chi connectivity index (χ4n) is 4.36. The summed E-state index contributed by atoms with van der Waals surface area (Å²) in [5, 5.41) is 0. The molecule has 0 bridgehead atoms. The van der Waals surface area contributed by atoms with Crippen molar-refractivity contribution in [1.29, 1.82) is 0 Å². The van der Waals surface area contributed by atoms with E-state index in [-0.39, 0.29) is 17.9 Å². The van der Waals surface area contributed by atoms with E-state index < -0.39 is 0 Å². The predicted octanol–water partition coefficient (Wildman–Crippen LogP) is 3.94. The van der Waals surface area contributed by atoms with E-state index in [1.54, 1.807) is 0 Å². The van der Waals surface area contributed by atoms with Crippen molar-refractivity contribution in [2.45, 2.75) is 53.6 Å². The van der Waals surface area contributed by atoms with E-state index in [1.807, 2.05) is 45.0 Å². The monoisotopic (exact) mass is 384 g/mol. The second-order valence-corrected chi connectivity index (χ2v) is 8.53. The molecule has 2 amide bonds. The minimum atomic E-state index is -0.176. The quantitative estimate of drug-likeness (QED) is 0.697. The van der Waals surface area contributed by atoms with E-state index in [2.05, 4.69) is 18.7 Å². The van der Waals surface area contributed by atoms with Crippen LogP contribution in [-0.2, 0) is 9.59 Å². The van der Waals surface area contributed by atoms with Crippen LogP contribution in [-0.4, -0.2) is 47.4 Å². The topological polar surface area (TPSA) is 49.9 Å². The third-order valence-corrected chi connectivity index (χ3v) is 5.29. The van der Waals surface area contributed by atoms with Crippen LogP contribution in [0.4, 0.5) is 0 Å². The van der Waals surface area contributed by atoms with Gasteiger partial charge in [0.1, 0.15) is 11.4 Å². The van der Waals surface area contributed by atoms with Gasteiger partial charge in [-0.1, -0.05) is 32.9 Å². The highest BCUT2D eigenvalue weighted by atomic mass is 16.5. The van der Waals surface area contributed by atoms with Crippen LogP contribution in [0.3, 0.4) is 0 Å². The van der Waals surface area contributed by atoms with Gasteiger partial charge in [0.25, 0.3) is 11.8 Å². The summed E-state index contributed by atoms with van der Waals surface area (Å²) in [7, 11) is 0. The molecule has 0 aromatic heterocycles. The van der Waals surface area contributed by atoms with Crippen LogP contribution in [0.5, 0.6) is 5.75 Å². The molecule has 1 fully saturated rings. The highest BCUT2D eigenvalue weighted by Gasteiger charge is 2.42. The number of likely N-dealkylation sites (tertiary alicyclic amines) is 1. The fourth-order valence-corrected chi connectivity index (χ4v) is 4.36. The number of imide groups is 1. The molecule has 0 N–H and O–H groups in total. The van der Waals surface area contributed by atoms with Gasteiger partial charge in [-0.2, -0.15) is 0 Å². The van der Waals surface area contributed by atoms with Crippen LogP contribution in [0.25, 0.3) is 5.57 Å². The number of hydrogen-bond acceptors (Lipinski definition) is 4. The van der Waals surface area contributed by atoms with Crippen molar-refractivity contribution < 1.29 is 14.3 Å². The van der Waals surface area contributed by atoms with Crippen molar-refractivity contribution in [3.05, 3.63) is 35.5 Å². The molecule has 1 aromatic rings. The molecule has 1 aromatic carbocycles. The van der Waals surface area contributed by atoms with Crippen LogP contribution in [0.15, 0.2) is 30.0 Å². The summed E-state index contributed by atoms with van der Waals surface area (Å²) in [6.07, 6.45) is 2.00. The lowest BCUT2D eigenvalue weighted by Crippen LogP contribution is -2.42. The van der Waals surface area contributed by atoms with E-state index in [4.69, 9.17) is 4.74 Å². The fraction of sp³-hybridized carbons (Fsp3) is 0.565. The van der Waals surface area contributed by atoms with Crippen molar-refractivity contribution in [3.63, 3.8) is 0 Å². The maximum Gasteiger partial charge on any atom is 0.277 e. The van der Waals surface area contributed by atoms with Gasteiger partial charge in [-0.25, -0.2) is 0 Å². The Morgan fingerprint density at radius 3 is 2.18 bits per heavy atom. The molecule has 0 spiro atoms. The minimum absolute atomic E-state index is 0.0895. The maximum atomic E-state index is 13.2. The molecule has 0 saturated carbocycles. The summed E-state index contributed by atoms with van der Waals surface area (Å²) in [5.74, 6) is 1.45. The Bertz CT molecular complexity index is 757. The number of piperidine rings is 1. The van der Waals surface area contributed by atoms with Gasteiger partial charge in [0, 0.05) is 19.6 Å². The van der Waals surface area contributed by atoms with E-state index in [0.29, 0.717) is 29.7 Å². The lowest BCUT2D eigenvalue weighted by Gasteiger charge is -2.37. The van der Waals surface area contributed by atoms with Gasteiger partial charge in [-0.05, 0) is 56.2 Å². The van der Waals surface area contributed by atoms with E-state index in [1.165, 1.54) is 4.90 Å². The van der Waals surface area contributed by atoms with Crippen LogP contribution in [0.2, 0.25) is 0 Å². The Morgan fingerprint density at radius 2 is 1.64 bits per heavy atom. The van der Waals surface area contributed by atoms with Crippen LogP contribution >= 0.6 is 0 Å². The molecular formula is C23H32N2O3. The largest absolute Gasteiger partial charge is 0.491 e. The van der Waals surface area contributed by atoms with Crippen LogP contribution < -0.4 is 4.74 Å². The van der Waals surface area contributed by atoms with Gasteiger partial charge < -0.3 is 9.64 Å². The predicted molar refractivity (Wildman–Crippen MR) is 111 cm³/mol. The summed E-state index contributed by atoms with van der Waals surface area (Å²) >= 11 is 0. The van der Waals surface area contributed by atoms with Crippen LogP contribution in [0.1, 0.15) is 53.0 Å². The first-order valence-electron chi connectivity index (χ1n) is 10.4. The first kappa shape index (κ1) is 20.4. The maximum absolute atomic E-state index is 13.2. The van der Waals surface area contributed by atoms with E-state index >= 15 is 0 Å². The molecular weight excluding hydrogens is 352 g/mol. The molecule has 5 heteroatoms. The zero-order valence-electron chi connectivity index (χ0n) is 17.7. The third kappa shape index (κ3) is 4.08. The normalized spacial score (nSPS) is 23.2. The highest BCUT2D eigenvalue weighted by molar-refractivity contribution is 6.35. The Balaban J connectivity index is 2.01. The third-order valence-electron chi connectivity index (χ3n) is 5.29. The van der Waals surface area contributed by atoms with Crippen molar-refractivity contribution in [2.24, 2.45) is 11.8 Å². The van der Waals surface area contributed by atoms with Gasteiger partial charge >= 0.3 is 0 Å². The van der Waals surface area contributed by atoms with Crippen molar-refractivity contribution in [2.75, 3.05) is 19.6 Å². The molecule has 2 aliphatic rings. The van der Waals surface area contributed by atoms with Gasteiger partial charge in [0.2, 0.25) is 0 Å². The molecule has 3 rings (SSSR count). The number of ether oxygens (including phenoxy) is 1. The molecule has 2 unspecified atom stereocenters. The Hall–Kier alpha value is -2.30. The van der Waals surface area contributed by atoms with E-state index in [9.17, 15) is 9.59 Å². The number of carbonyl (C=O) groups is 2. The van der Waals surface area contributed by atoms with Gasteiger partial charge in [0.15, 0.2) is 0 Å². The molecule has 2 atom stereocenters. The standard InChI is InChI=1S/C23H32N2O3/c1-6-11-25-22(26)20(18-7-9-19(10-8-18)28-15(2)3)21(23(25)27)24-13-16(4)12-17(5)14-24/h7-10,15-17H,6,11-14H2,1-5H3. The Morgan fingerprint density at radius 1 is 1.04 bits per heavy atom. The molecule has 0 aliphatic carbocycles. The average Bonchev–Trinajstić information content (AvgIpc) is 2.86. The van der Waals surface area contributed by atoms with Gasteiger partial charge in [0.05, 0.1) is 11.7 Å².